The van der Waals surface area contributed by atoms with Gasteiger partial charge in [0, 0.05) is 37.1 Å². The molecule has 5 nitrogen and oxygen atoms in total. The molecule has 1 aromatic rings. The zero-order chi connectivity index (χ0) is 15.9. The molecule has 124 valence electrons. The highest BCUT2D eigenvalue weighted by atomic mass is 32.2. The van der Waals surface area contributed by atoms with Gasteiger partial charge in [-0.3, -0.25) is 4.90 Å². The lowest BCUT2D eigenvalue weighted by atomic mass is 10.1. The van der Waals surface area contributed by atoms with Crippen LogP contribution in [0.5, 0.6) is 5.06 Å². The van der Waals surface area contributed by atoms with Crippen molar-refractivity contribution in [3.63, 3.8) is 0 Å². The van der Waals surface area contributed by atoms with Gasteiger partial charge in [-0.1, -0.05) is 0 Å². The smallest absolute Gasteiger partial charge is 0.211 e. The van der Waals surface area contributed by atoms with Crippen LogP contribution in [0, 0.1) is 0 Å². The summed E-state index contributed by atoms with van der Waals surface area (Å²) >= 11 is 1.68. The van der Waals surface area contributed by atoms with E-state index in [1.807, 2.05) is 6.07 Å². The van der Waals surface area contributed by atoms with Gasteiger partial charge in [0.05, 0.1) is 6.26 Å². The van der Waals surface area contributed by atoms with Gasteiger partial charge in [-0.05, 0) is 38.3 Å². The average Bonchev–Trinajstić information content (AvgIpc) is 3.03. The van der Waals surface area contributed by atoms with Crippen LogP contribution in [-0.2, 0) is 23.0 Å². The Kier molecular flexibility index (Phi) is 4.51. The van der Waals surface area contributed by atoms with E-state index in [4.69, 9.17) is 4.74 Å². The van der Waals surface area contributed by atoms with Gasteiger partial charge in [-0.2, -0.15) is 4.31 Å². The van der Waals surface area contributed by atoms with E-state index in [2.05, 4.69) is 18.7 Å². The summed E-state index contributed by atoms with van der Waals surface area (Å²) in [4.78, 5) is 3.71. The van der Waals surface area contributed by atoms with E-state index in [0.717, 1.165) is 36.6 Å². The normalized spacial score (nSPS) is 23.9. The molecule has 1 aromatic heterocycles. The molecule has 0 amide bonds. The number of rotatable bonds is 4. The molecular weight excluding hydrogens is 320 g/mol. The molecule has 7 heteroatoms. The molecular formula is C15H24N2O3S2. The lowest BCUT2D eigenvalue weighted by Crippen LogP contribution is -2.34. The van der Waals surface area contributed by atoms with Gasteiger partial charge in [0.2, 0.25) is 10.0 Å². The van der Waals surface area contributed by atoms with Gasteiger partial charge < -0.3 is 4.74 Å². The molecule has 1 fully saturated rings. The Morgan fingerprint density at radius 3 is 2.77 bits per heavy atom. The Morgan fingerprint density at radius 1 is 1.36 bits per heavy atom. The molecule has 2 aliphatic heterocycles. The number of ether oxygens (including phenoxy) is 1. The van der Waals surface area contributed by atoms with Crippen molar-refractivity contribution in [3.8, 4) is 5.06 Å². The van der Waals surface area contributed by atoms with E-state index in [1.54, 1.807) is 15.6 Å². The monoisotopic (exact) mass is 344 g/mol. The van der Waals surface area contributed by atoms with E-state index in [1.165, 1.54) is 11.1 Å². The highest BCUT2D eigenvalue weighted by Gasteiger charge is 2.28. The molecule has 3 heterocycles. The number of likely N-dealkylation sites (tertiary alicyclic amines) is 1. The number of hydrogen-bond acceptors (Lipinski definition) is 5. The first-order valence-electron chi connectivity index (χ1n) is 7.80. The Labute approximate surface area is 136 Å². The Morgan fingerprint density at radius 2 is 2.14 bits per heavy atom. The van der Waals surface area contributed by atoms with Gasteiger partial charge >= 0.3 is 0 Å². The van der Waals surface area contributed by atoms with Crippen molar-refractivity contribution < 1.29 is 13.2 Å². The first kappa shape index (κ1) is 16.2. The minimum absolute atomic E-state index is 0.258. The van der Waals surface area contributed by atoms with Gasteiger partial charge in [-0.15, -0.1) is 11.3 Å². The highest BCUT2D eigenvalue weighted by molar-refractivity contribution is 7.88. The van der Waals surface area contributed by atoms with Crippen LogP contribution in [0.1, 0.15) is 30.7 Å². The van der Waals surface area contributed by atoms with Crippen molar-refractivity contribution in [3.05, 3.63) is 16.5 Å². The first-order chi connectivity index (χ1) is 10.3. The SMILES string of the molecule is CC(C)N1CCC(Oc2cc3c(s2)CCN(S(C)(=O)=O)C3)C1. The topological polar surface area (TPSA) is 49.9 Å². The van der Waals surface area contributed by atoms with Crippen LogP contribution in [0.3, 0.4) is 0 Å². The standard InChI is InChI=1S/C15H24N2O3S2/c1-11(2)16-6-4-13(10-16)20-15-8-12-9-17(22(3,18)19)7-5-14(12)21-15/h8,11,13H,4-7,9-10H2,1-3H3. The van der Waals surface area contributed by atoms with Gasteiger partial charge in [-0.25, -0.2) is 8.42 Å². The average molecular weight is 345 g/mol. The quantitative estimate of drug-likeness (QED) is 0.837. The summed E-state index contributed by atoms with van der Waals surface area (Å²) in [6.07, 6.45) is 3.39. The van der Waals surface area contributed by atoms with E-state index >= 15 is 0 Å². The Bertz CT molecular complexity index is 639. The fourth-order valence-corrected chi connectivity index (χ4v) is 4.98. The maximum Gasteiger partial charge on any atom is 0.211 e. The number of thiophene rings is 1. The second kappa shape index (κ2) is 6.11. The van der Waals surface area contributed by atoms with E-state index < -0.39 is 10.0 Å². The lowest BCUT2D eigenvalue weighted by Gasteiger charge is -2.24. The molecule has 3 rings (SSSR count). The van der Waals surface area contributed by atoms with Crippen LogP contribution < -0.4 is 4.74 Å². The van der Waals surface area contributed by atoms with Crippen LogP contribution in [0.15, 0.2) is 6.07 Å². The zero-order valence-electron chi connectivity index (χ0n) is 13.4. The van der Waals surface area contributed by atoms with Crippen molar-refractivity contribution in [1.29, 1.82) is 0 Å². The summed E-state index contributed by atoms with van der Waals surface area (Å²) in [6.45, 7) is 7.57. The number of sulfonamides is 1. The molecule has 0 N–H and O–H groups in total. The number of nitrogens with zero attached hydrogens (tertiary/aromatic N) is 2. The lowest BCUT2D eigenvalue weighted by molar-refractivity contribution is 0.192. The molecule has 0 saturated carbocycles. The molecule has 0 bridgehead atoms. The van der Waals surface area contributed by atoms with Crippen molar-refractivity contribution in [2.45, 2.75) is 45.4 Å². The van der Waals surface area contributed by atoms with Crippen molar-refractivity contribution >= 4 is 21.4 Å². The number of hydrogen-bond donors (Lipinski definition) is 0. The summed E-state index contributed by atoms with van der Waals surface area (Å²) in [5, 5.41) is 0.941. The van der Waals surface area contributed by atoms with Crippen molar-refractivity contribution in [1.82, 2.24) is 9.21 Å². The van der Waals surface area contributed by atoms with Crippen LogP contribution >= 0.6 is 11.3 Å². The third-order valence-electron chi connectivity index (χ3n) is 4.47. The molecule has 0 aliphatic carbocycles. The summed E-state index contributed by atoms with van der Waals surface area (Å²) in [5.41, 5.74) is 1.11. The third-order valence-corrected chi connectivity index (χ3v) is 6.85. The maximum absolute atomic E-state index is 11.7. The van der Waals surface area contributed by atoms with Crippen molar-refractivity contribution in [2.75, 3.05) is 25.9 Å². The first-order valence-corrected chi connectivity index (χ1v) is 10.5. The predicted molar refractivity (Wildman–Crippen MR) is 89.0 cm³/mol. The van der Waals surface area contributed by atoms with Gasteiger partial charge in [0.15, 0.2) is 5.06 Å². The van der Waals surface area contributed by atoms with E-state index in [-0.39, 0.29) is 6.10 Å². The molecule has 0 spiro atoms. The second-order valence-corrected chi connectivity index (χ2v) is 9.56. The minimum Gasteiger partial charge on any atom is -0.479 e. The number of fused-ring (bicyclic) bond motifs is 1. The molecule has 22 heavy (non-hydrogen) atoms. The molecule has 0 aromatic carbocycles. The second-order valence-electron chi connectivity index (χ2n) is 6.48. The van der Waals surface area contributed by atoms with E-state index in [0.29, 0.717) is 19.1 Å². The minimum atomic E-state index is -3.11. The largest absolute Gasteiger partial charge is 0.479 e. The maximum atomic E-state index is 11.7. The molecule has 1 atom stereocenters. The van der Waals surface area contributed by atoms with Crippen LogP contribution in [0.25, 0.3) is 0 Å². The summed E-state index contributed by atoms with van der Waals surface area (Å²) in [6, 6.07) is 2.60. The fraction of sp³-hybridized carbons (Fsp3) is 0.733. The predicted octanol–water partition coefficient (Wildman–Crippen LogP) is 1.93. The summed E-state index contributed by atoms with van der Waals surface area (Å²) < 4.78 is 31.0. The Balaban J connectivity index is 1.65. The van der Waals surface area contributed by atoms with Crippen molar-refractivity contribution in [2.24, 2.45) is 0 Å². The molecule has 1 unspecified atom stereocenters. The van der Waals surface area contributed by atoms with Crippen LogP contribution in [0.4, 0.5) is 0 Å². The molecule has 1 saturated heterocycles. The summed E-state index contributed by atoms with van der Waals surface area (Å²) in [7, 11) is -3.11. The zero-order valence-corrected chi connectivity index (χ0v) is 15.0. The summed E-state index contributed by atoms with van der Waals surface area (Å²) in [5.74, 6) is 0. The van der Waals surface area contributed by atoms with Gasteiger partial charge in [0.1, 0.15) is 6.10 Å². The molecule has 2 aliphatic rings. The fourth-order valence-electron chi connectivity index (χ4n) is 3.10. The highest BCUT2D eigenvalue weighted by Crippen LogP contribution is 2.35. The van der Waals surface area contributed by atoms with E-state index in [9.17, 15) is 8.42 Å². The Hall–Kier alpha value is -0.630. The van der Waals surface area contributed by atoms with Crippen LogP contribution in [-0.4, -0.2) is 55.7 Å². The van der Waals surface area contributed by atoms with Crippen LogP contribution in [0.2, 0.25) is 0 Å². The van der Waals surface area contributed by atoms with Gasteiger partial charge in [0.25, 0.3) is 0 Å². The molecule has 0 radical (unpaired) electrons. The third kappa shape index (κ3) is 3.48.